The van der Waals surface area contributed by atoms with E-state index in [1.807, 2.05) is 36.4 Å². The average Bonchev–Trinajstić information content (AvgIpc) is 3.29. The van der Waals surface area contributed by atoms with Crippen LogP contribution in [0.4, 0.5) is 0 Å². The van der Waals surface area contributed by atoms with Crippen molar-refractivity contribution < 1.29 is 23.0 Å². The van der Waals surface area contributed by atoms with Crippen molar-refractivity contribution in [2.45, 2.75) is 25.7 Å². The number of aromatic hydroxyl groups is 1. The zero-order valence-electron chi connectivity index (χ0n) is 22.8. The number of likely N-dealkylation sites (tertiary alicyclic amines) is 1. The van der Waals surface area contributed by atoms with Gasteiger partial charge in [0, 0.05) is 22.7 Å². The molecule has 1 aliphatic rings. The number of fused-ring (bicyclic) bond motifs is 1. The Morgan fingerprint density at radius 1 is 0.900 bits per heavy atom. The van der Waals surface area contributed by atoms with Crippen molar-refractivity contribution in [3.63, 3.8) is 0 Å². The third-order valence-electron chi connectivity index (χ3n) is 7.06. The van der Waals surface area contributed by atoms with Crippen molar-refractivity contribution in [2.75, 3.05) is 45.6 Å². The number of sulfonamides is 1. The van der Waals surface area contributed by atoms with Crippen LogP contribution < -0.4 is 14.2 Å². The molecule has 0 atom stereocenters. The van der Waals surface area contributed by atoms with Gasteiger partial charge >= 0.3 is 0 Å². The van der Waals surface area contributed by atoms with Gasteiger partial charge in [-0.25, -0.2) is 13.1 Å². The lowest BCUT2D eigenvalue weighted by Crippen LogP contribution is -2.33. The number of rotatable bonds is 12. The monoisotopic (exact) mass is 580 g/mol. The first-order valence-electron chi connectivity index (χ1n) is 13.7. The highest BCUT2D eigenvalue weighted by atomic mass is 32.2. The molecule has 0 aliphatic carbocycles. The molecule has 0 amide bonds. The highest BCUT2D eigenvalue weighted by Crippen LogP contribution is 2.41. The molecule has 0 spiro atoms. The van der Waals surface area contributed by atoms with Crippen molar-refractivity contribution in [1.29, 1.82) is 0 Å². The summed E-state index contributed by atoms with van der Waals surface area (Å²) in [4.78, 5) is 3.63. The molecule has 0 unspecified atom stereocenters. The van der Waals surface area contributed by atoms with Gasteiger partial charge in [0.15, 0.2) is 0 Å². The van der Waals surface area contributed by atoms with E-state index in [-0.39, 0.29) is 18.9 Å². The van der Waals surface area contributed by atoms with Crippen LogP contribution in [0.2, 0.25) is 0 Å². The molecule has 5 rings (SSSR count). The fourth-order valence-electron chi connectivity index (χ4n) is 5.03. The molecule has 7 nitrogen and oxygen atoms in total. The molecule has 0 radical (unpaired) electrons. The van der Waals surface area contributed by atoms with E-state index in [4.69, 9.17) is 9.47 Å². The summed E-state index contributed by atoms with van der Waals surface area (Å²) >= 11 is 1.66. The number of hydrogen-bond donors (Lipinski definition) is 2. The predicted octanol–water partition coefficient (Wildman–Crippen LogP) is 5.66. The number of phenols is 1. The highest BCUT2D eigenvalue weighted by molar-refractivity contribution is 7.88. The van der Waals surface area contributed by atoms with Gasteiger partial charge in [-0.2, -0.15) is 0 Å². The molecule has 2 heterocycles. The fourth-order valence-corrected chi connectivity index (χ4v) is 6.74. The SMILES string of the molecule is CS(=O)(=O)NCCOc1ccc(-c2sc3cc(O)ccc3c2Cc2ccc(OCCN3CCCCC3)cc2)cc1. The number of nitrogens with zero attached hydrogens (tertiary/aromatic N) is 1. The van der Waals surface area contributed by atoms with Gasteiger partial charge in [-0.15, -0.1) is 11.3 Å². The minimum Gasteiger partial charge on any atom is -0.508 e. The molecule has 0 bridgehead atoms. The van der Waals surface area contributed by atoms with Gasteiger partial charge in [-0.1, -0.05) is 18.6 Å². The Morgan fingerprint density at radius 2 is 1.57 bits per heavy atom. The van der Waals surface area contributed by atoms with E-state index in [0.29, 0.717) is 12.4 Å². The summed E-state index contributed by atoms with van der Waals surface area (Å²) in [6.07, 6.45) is 5.80. The van der Waals surface area contributed by atoms with Crippen molar-refractivity contribution in [3.05, 3.63) is 77.9 Å². The Kier molecular flexibility index (Phi) is 9.26. The van der Waals surface area contributed by atoms with Crippen molar-refractivity contribution in [1.82, 2.24) is 9.62 Å². The molecule has 1 aromatic heterocycles. The first kappa shape index (κ1) is 28.4. The van der Waals surface area contributed by atoms with Gasteiger partial charge in [0.2, 0.25) is 10.0 Å². The molecule has 1 aliphatic heterocycles. The zero-order chi connectivity index (χ0) is 28.0. The van der Waals surface area contributed by atoms with Crippen LogP contribution in [0.5, 0.6) is 17.2 Å². The van der Waals surface area contributed by atoms with Crippen molar-refractivity contribution in [3.8, 4) is 27.7 Å². The second-order valence-electron chi connectivity index (χ2n) is 10.2. The van der Waals surface area contributed by atoms with Crippen LogP contribution in [0.3, 0.4) is 0 Å². The number of benzene rings is 3. The molecular formula is C31H36N2O5S2. The maximum Gasteiger partial charge on any atom is 0.208 e. The summed E-state index contributed by atoms with van der Waals surface area (Å²) < 4.78 is 37.6. The van der Waals surface area contributed by atoms with Gasteiger partial charge in [-0.05, 0) is 109 Å². The van der Waals surface area contributed by atoms with Crippen molar-refractivity contribution in [2.24, 2.45) is 0 Å². The number of thiophene rings is 1. The van der Waals surface area contributed by atoms with E-state index in [1.165, 1.54) is 43.5 Å². The van der Waals surface area contributed by atoms with Crippen LogP contribution in [0.1, 0.15) is 30.4 Å². The normalized spacial score (nSPS) is 14.4. The molecular weight excluding hydrogens is 544 g/mol. The number of hydrogen-bond acceptors (Lipinski definition) is 7. The lowest BCUT2D eigenvalue weighted by molar-refractivity contribution is 0.183. The Morgan fingerprint density at radius 3 is 2.27 bits per heavy atom. The molecule has 4 aromatic rings. The largest absolute Gasteiger partial charge is 0.508 e. The minimum atomic E-state index is -3.23. The molecule has 212 valence electrons. The Hall–Kier alpha value is -3.11. The summed E-state index contributed by atoms with van der Waals surface area (Å²) in [5.41, 5.74) is 3.47. The molecule has 1 fully saturated rings. The first-order chi connectivity index (χ1) is 19.3. The van der Waals surface area contributed by atoms with Crippen LogP contribution >= 0.6 is 11.3 Å². The molecule has 2 N–H and O–H groups in total. The topological polar surface area (TPSA) is 88.1 Å². The third-order valence-corrected chi connectivity index (χ3v) is 9.03. The summed E-state index contributed by atoms with van der Waals surface area (Å²) in [6.45, 7) is 4.49. The van der Waals surface area contributed by atoms with Crippen LogP contribution in [0, 0.1) is 0 Å². The van der Waals surface area contributed by atoms with Crippen LogP contribution in [-0.2, 0) is 16.4 Å². The average molecular weight is 581 g/mol. The molecule has 9 heteroatoms. The van der Waals surface area contributed by atoms with Gasteiger partial charge in [-0.3, -0.25) is 4.90 Å². The van der Waals surface area contributed by atoms with Crippen LogP contribution in [0.25, 0.3) is 20.5 Å². The number of phenolic OH excluding ortho intramolecular Hbond substituents is 1. The van der Waals surface area contributed by atoms with Crippen molar-refractivity contribution >= 4 is 31.4 Å². The van der Waals surface area contributed by atoms with Crippen LogP contribution in [-0.4, -0.2) is 64.1 Å². The van der Waals surface area contributed by atoms with E-state index in [9.17, 15) is 13.5 Å². The van der Waals surface area contributed by atoms with Crippen LogP contribution in [0.15, 0.2) is 66.7 Å². The maximum absolute atomic E-state index is 11.2. The summed E-state index contributed by atoms with van der Waals surface area (Å²) in [5.74, 6) is 1.82. The minimum absolute atomic E-state index is 0.215. The van der Waals surface area contributed by atoms with Gasteiger partial charge in [0.25, 0.3) is 0 Å². The predicted molar refractivity (Wildman–Crippen MR) is 162 cm³/mol. The number of ether oxygens (including phenoxy) is 2. The number of nitrogens with one attached hydrogen (secondary N) is 1. The van der Waals surface area contributed by atoms with E-state index in [2.05, 4.69) is 33.9 Å². The number of piperidine rings is 1. The standard InChI is InChI=1S/C31H36N2O5S2/c1-40(35,36)32-15-19-37-27-12-7-24(8-13-27)31-29(28-14-9-25(34)22-30(28)39-31)21-23-5-10-26(11-6-23)38-20-18-33-16-3-2-4-17-33/h5-14,22,32,34H,2-4,15-21H2,1H3. The van der Waals surface area contributed by atoms with E-state index >= 15 is 0 Å². The quantitative estimate of drug-likeness (QED) is 0.210. The third kappa shape index (κ3) is 7.75. The van der Waals surface area contributed by atoms with Gasteiger partial charge in [0.05, 0.1) is 6.26 Å². The summed E-state index contributed by atoms with van der Waals surface area (Å²) in [5, 5.41) is 11.2. The lowest BCUT2D eigenvalue weighted by atomic mass is 9.99. The van der Waals surface area contributed by atoms with E-state index < -0.39 is 10.0 Å². The Balaban J connectivity index is 1.28. The zero-order valence-corrected chi connectivity index (χ0v) is 24.4. The van der Waals surface area contributed by atoms with Gasteiger partial charge < -0.3 is 14.6 Å². The first-order valence-corrected chi connectivity index (χ1v) is 16.4. The molecule has 1 saturated heterocycles. The van der Waals surface area contributed by atoms with E-state index in [1.54, 1.807) is 17.4 Å². The smallest absolute Gasteiger partial charge is 0.208 e. The van der Waals surface area contributed by atoms with E-state index in [0.717, 1.165) is 45.5 Å². The molecule has 3 aromatic carbocycles. The summed E-state index contributed by atoms with van der Waals surface area (Å²) in [7, 11) is -3.23. The van der Waals surface area contributed by atoms with Gasteiger partial charge in [0.1, 0.15) is 30.5 Å². The summed E-state index contributed by atoms with van der Waals surface area (Å²) in [6, 6.07) is 21.8. The Bertz CT molecular complexity index is 1510. The second-order valence-corrected chi connectivity index (χ2v) is 13.1. The highest BCUT2D eigenvalue weighted by Gasteiger charge is 2.16. The maximum atomic E-state index is 11.2. The molecule has 0 saturated carbocycles. The Labute approximate surface area is 240 Å². The fraction of sp³-hybridized carbons (Fsp3) is 0.355. The second kappa shape index (κ2) is 13.0. The molecule has 40 heavy (non-hydrogen) atoms. The lowest BCUT2D eigenvalue weighted by Gasteiger charge is -2.26.